The first-order chi connectivity index (χ1) is 8.08. The number of rotatable bonds is 3. The normalized spacial score (nSPS) is 11.1. The van der Waals surface area contributed by atoms with E-state index in [1.54, 1.807) is 6.20 Å². The molecule has 0 fully saturated rings. The summed E-state index contributed by atoms with van der Waals surface area (Å²) in [6.45, 7) is 0.889. The number of benzene rings is 1. The zero-order valence-electron chi connectivity index (χ0n) is 9.77. The molecule has 0 aliphatic carbocycles. The SMILES string of the molecule is CN(C)Cc1ccc(-c2cnoc2N)cc1Br. The van der Waals surface area contributed by atoms with Crippen LogP contribution < -0.4 is 5.73 Å². The highest BCUT2D eigenvalue weighted by Crippen LogP contribution is 2.29. The molecule has 90 valence electrons. The number of nitrogen functional groups attached to an aromatic ring is 1. The van der Waals surface area contributed by atoms with Crippen LogP contribution in [0.1, 0.15) is 5.56 Å². The lowest BCUT2D eigenvalue weighted by Crippen LogP contribution is -2.10. The largest absolute Gasteiger partial charge is 0.367 e. The molecule has 0 amide bonds. The minimum atomic E-state index is 0.345. The molecule has 1 aromatic carbocycles. The third-order valence-corrected chi connectivity index (χ3v) is 3.19. The van der Waals surface area contributed by atoms with Gasteiger partial charge in [0.05, 0.1) is 11.8 Å². The topological polar surface area (TPSA) is 55.3 Å². The van der Waals surface area contributed by atoms with Crippen LogP contribution in [0.4, 0.5) is 5.88 Å². The van der Waals surface area contributed by atoms with Crippen LogP contribution in [0, 0.1) is 0 Å². The van der Waals surface area contributed by atoms with Gasteiger partial charge in [0.2, 0.25) is 5.88 Å². The second-order valence-corrected chi connectivity index (χ2v) is 5.00. The lowest BCUT2D eigenvalue weighted by atomic mass is 10.1. The van der Waals surface area contributed by atoms with E-state index in [0.717, 1.165) is 22.1 Å². The van der Waals surface area contributed by atoms with Gasteiger partial charge in [-0.3, -0.25) is 0 Å². The highest BCUT2D eigenvalue weighted by molar-refractivity contribution is 9.10. The lowest BCUT2D eigenvalue weighted by Gasteiger charge is -2.12. The van der Waals surface area contributed by atoms with E-state index in [-0.39, 0.29) is 0 Å². The van der Waals surface area contributed by atoms with Crippen molar-refractivity contribution < 1.29 is 4.52 Å². The second-order valence-electron chi connectivity index (χ2n) is 4.15. The summed E-state index contributed by atoms with van der Waals surface area (Å²) in [4.78, 5) is 2.12. The fourth-order valence-corrected chi connectivity index (χ4v) is 2.15. The molecule has 0 aliphatic rings. The van der Waals surface area contributed by atoms with Crippen LogP contribution in [0.25, 0.3) is 11.1 Å². The van der Waals surface area contributed by atoms with Gasteiger partial charge in [0.15, 0.2) is 0 Å². The number of nitrogens with zero attached hydrogens (tertiary/aromatic N) is 2. The molecule has 0 aliphatic heterocycles. The Labute approximate surface area is 109 Å². The zero-order chi connectivity index (χ0) is 12.4. The average Bonchev–Trinajstić information content (AvgIpc) is 2.67. The first-order valence-electron chi connectivity index (χ1n) is 5.21. The highest BCUT2D eigenvalue weighted by atomic mass is 79.9. The predicted molar refractivity (Wildman–Crippen MR) is 71.4 cm³/mol. The number of aromatic nitrogens is 1. The highest BCUT2D eigenvalue weighted by Gasteiger charge is 2.09. The smallest absolute Gasteiger partial charge is 0.229 e. The van der Waals surface area contributed by atoms with Crippen LogP contribution in [0.15, 0.2) is 33.4 Å². The molecule has 2 N–H and O–H groups in total. The zero-order valence-corrected chi connectivity index (χ0v) is 11.4. The fourth-order valence-electron chi connectivity index (χ4n) is 1.65. The first-order valence-corrected chi connectivity index (χ1v) is 6.01. The van der Waals surface area contributed by atoms with E-state index in [1.807, 2.05) is 26.2 Å². The summed E-state index contributed by atoms with van der Waals surface area (Å²) in [5.41, 5.74) is 8.74. The average molecular weight is 296 g/mol. The van der Waals surface area contributed by atoms with Crippen LogP contribution in [0.5, 0.6) is 0 Å². The molecule has 1 aromatic heterocycles. The van der Waals surface area contributed by atoms with Crippen molar-refractivity contribution >= 4 is 21.8 Å². The van der Waals surface area contributed by atoms with Crippen molar-refractivity contribution in [2.24, 2.45) is 0 Å². The summed E-state index contributed by atoms with van der Waals surface area (Å²) < 4.78 is 5.92. The Balaban J connectivity index is 2.34. The molecule has 2 aromatic rings. The Bertz CT molecular complexity index is 522. The Hall–Kier alpha value is -1.33. The van der Waals surface area contributed by atoms with E-state index in [4.69, 9.17) is 10.3 Å². The third-order valence-electron chi connectivity index (χ3n) is 2.45. The first kappa shape index (κ1) is 12.1. The van der Waals surface area contributed by atoms with Gasteiger partial charge in [-0.2, -0.15) is 0 Å². The summed E-state index contributed by atoms with van der Waals surface area (Å²) in [7, 11) is 4.08. The Morgan fingerprint density at radius 3 is 2.71 bits per heavy atom. The van der Waals surface area contributed by atoms with Crippen LogP contribution in [0.3, 0.4) is 0 Å². The van der Waals surface area contributed by atoms with Gasteiger partial charge in [-0.05, 0) is 31.3 Å². The summed E-state index contributed by atoms with van der Waals surface area (Å²) in [6.07, 6.45) is 1.63. The van der Waals surface area contributed by atoms with Crippen molar-refractivity contribution in [1.29, 1.82) is 0 Å². The molecular formula is C12H14BrN3O. The monoisotopic (exact) mass is 295 g/mol. The van der Waals surface area contributed by atoms with E-state index < -0.39 is 0 Å². The summed E-state index contributed by atoms with van der Waals surface area (Å²) in [6, 6.07) is 6.13. The van der Waals surface area contributed by atoms with Crippen molar-refractivity contribution in [3.05, 3.63) is 34.4 Å². The molecule has 1 heterocycles. The minimum absolute atomic E-state index is 0.345. The standard InChI is InChI=1S/C12H14BrN3O/c1-16(2)7-9-4-3-8(5-11(9)13)10-6-15-17-12(10)14/h3-6H,7,14H2,1-2H3. The molecule has 17 heavy (non-hydrogen) atoms. The molecular weight excluding hydrogens is 282 g/mol. The molecule has 0 bridgehead atoms. The van der Waals surface area contributed by atoms with Crippen molar-refractivity contribution in [1.82, 2.24) is 10.1 Å². The van der Waals surface area contributed by atoms with Gasteiger partial charge in [0, 0.05) is 11.0 Å². The Morgan fingerprint density at radius 2 is 2.18 bits per heavy atom. The van der Waals surface area contributed by atoms with Crippen LogP contribution in [-0.4, -0.2) is 24.2 Å². The molecule has 0 atom stereocenters. The minimum Gasteiger partial charge on any atom is -0.367 e. The fraction of sp³-hybridized carbons (Fsp3) is 0.250. The Morgan fingerprint density at radius 1 is 1.41 bits per heavy atom. The van der Waals surface area contributed by atoms with Gasteiger partial charge in [-0.25, -0.2) is 0 Å². The lowest BCUT2D eigenvalue weighted by molar-refractivity contribution is 0.401. The van der Waals surface area contributed by atoms with E-state index in [9.17, 15) is 0 Å². The van der Waals surface area contributed by atoms with Gasteiger partial charge in [-0.1, -0.05) is 33.2 Å². The Kier molecular flexibility index (Phi) is 3.49. The van der Waals surface area contributed by atoms with Crippen molar-refractivity contribution in [3.8, 4) is 11.1 Å². The van der Waals surface area contributed by atoms with Crippen LogP contribution >= 0.6 is 15.9 Å². The van der Waals surface area contributed by atoms with Crippen LogP contribution in [-0.2, 0) is 6.54 Å². The number of hydrogen-bond acceptors (Lipinski definition) is 4. The molecule has 0 radical (unpaired) electrons. The molecule has 0 spiro atoms. The van der Waals surface area contributed by atoms with E-state index in [1.165, 1.54) is 5.56 Å². The van der Waals surface area contributed by atoms with E-state index in [0.29, 0.717) is 5.88 Å². The second kappa shape index (κ2) is 4.89. The molecule has 5 heteroatoms. The molecule has 0 unspecified atom stereocenters. The van der Waals surface area contributed by atoms with E-state index >= 15 is 0 Å². The number of nitrogens with two attached hydrogens (primary N) is 1. The van der Waals surface area contributed by atoms with Gasteiger partial charge in [-0.15, -0.1) is 0 Å². The van der Waals surface area contributed by atoms with Crippen LogP contribution in [0.2, 0.25) is 0 Å². The maximum atomic E-state index is 5.69. The van der Waals surface area contributed by atoms with Crippen molar-refractivity contribution in [2.45, 2.75) is 6.54 Å². The predicted octanol–water partition coefficient (Wildman–Crippen LogP) is 2.75. The molecule has 4 nitrogen and oxygen atoms in total. The van der Waals surface area contributed by atoms with Gasteiger partial charge < -0.3 is 15.2 Å². The van der Waals surface area contributed by atoms with E-state index in [2.05, 4.69) is 32.1 Å². The van der Waals surface area contributed by atoms with Gasteiger partial charge in [0.25, 0.3) is 0 Å². The maximum absolute atomic E-state index is 5.69. The number of anilines is 1. The summed E-state index contributed by atoms with van der Waals surface area (Å²) in [5.74, 6) is 0.345. The quantitative estimate of drug-likeness (QED) is 0.946. The van der Waals surface area contributed by atoms with Gasteiger partial charge >= 0.3 is 0 Å². The number of halogens is 1. The van der Waals surface area contributed by atoms with Gasteiger partial charge in [0.1, 0.15) is 0 Å². The molecule has 0 saturated heterocycles. The summed E-state index contributed by atoms with van der Waals surface area (Å²) in [5, 5.41) is 3.68. The van der Waals surface area contributed by atoms with Crippen molar-refractivity contribution in [2.75, 3.05) is 19.8 Å². The summed E-state index contributed by atoms with van der Waals surface area (Å²) >= 11 is 3.57. The number of hydrogen-bond donors (Lipinski definition) is 1. The van der Waals surface area contributed by atoms with Crippen molar-refractivity contribution in [3.63, 3.8) is 0 Å². The maximum Gasteiger partial charge on any atom is 0.229 e. The third kappa shape index (κ3) is 2.68. The molecule has 2 rings (SSSR count). The molecule has 0 saturated carbocycles.